The highest BCUT2D eigenvalue weighted by atomic mass is 19.4. The van der Waals surface area contributed by atoms with Crippen LogP contribution < -0.4 is 5.32 Å². The number of nitrogens with one attached hydrogen (secondary N) is 1. The molecule has 2 bridgehead atoms. The Balaban J connectivity index is 1.74. The molecule has 0 aliphatic heterocycles. The summed E-state index contributed by atoms with van der Waals surface area (Å²) < 4.78 is 37.5. The quantitative estimate of drug-likeness (QED) is 0.839. The fourth-order valence-corrected chi connectivity index (χ4v) is 3.48. The molecule has 1 fully saturated rings. The summed E-state index contributed by atoms with van der Waals surface area (Å²) in [5.74, 6) is -3.23. The van der Waals surface area contributed by atoms with Crippen molar-refractivity contribution < 1.29 is 27.9 Å². The number of carboxylic acids is 1. The normalized spacial score (nSPS) is 28.8. The van der Waals surface area contributed by atoms with Crippen LogP contribution >= 0.6 is 0 Å². The molecule has 0 saturated heterocycles. The van der Waals surface area contributed by atoms with Crippen LogP contribution in [0.25, 0.3) is 0 Å². The minimum absolute atomic E-state index is 0.129. The number of carboxylic acid groups (broad SMARTS) is 1. The van der Waals surface area contributed by atoms with Gasteiger partial charge < -0.3 is 10.4 Å². The minimum Gasteiger partial charge on any atom is -0.481 e. The van der Waals surface area contributed by atoms with Crippen LogP contribution in [0.5, 0.6) is 0 Å². The van der Waals surface area contributed by atoms with Gasteiger partial charge in [-0.1, -0.05) is 12.2 Å². The molecule has 4 atom stereocenters. The second-order valence-corrected chi connectivity index (χ2v) is 5.90. The number of carbonyl (C=O) groups excluding carboxylic acids is 1. The van der Waals surface area contributed by atoms with Gasteiger partial charge in [-0.2, -0.15) is 13.2 Å². The number of hydrogen-bond donors (Lipinski definition) is 2. The van der Waals surface area contributed by atoms with Crippen LogP contribution in [-0.2, 0) is 15.8 Å². The Morgan fingerprint density at radius 1 is 1.04 bits per heavy atom. The number of rotatable bonds is 3. The Labute approximate surface area is 130 Å². The van der Waals surface area contributed by atoms with E-state index in [0.29, 0.717) is 6.42 Å². The zero-order chi connectivity index (χ0) is 16.8. The van der Waals surface area contributed by atoms with Crippen molar-refractivity contribution >= 4 is 17.6 Å². The molecule has 23 heavy (non-hydrogen) atoms. The van der Waals surface area contributed by atoms with Crippen LogP contribution in [0, 0.1) is 23.7 Å². The van der Waals surface area contributed by atoms with Gasteiger partial charge in [0, 0.05) is 5.69 Å². The molecular weight excluding hydrogens is 311 g/mol. The Bertz CT molecular complexity index is 666. The third kappa shape index (κ3) is 2.83. The molecule has 4 nitrogen and oxygen atoms in total. The molecule has 1 amide bonds. The molecule has 1 saturated carbocycles. The summed E-state index contributed by atoms with van der Waals surface area (Å²) in [6.45, 7) is 0. The van der Waals surface area contributed by atoms with Gasteiger partial charge in [-0.05, 0) is 42.5 Å². The Morgan fingerprint density at radius 2 is 1.61 bits per heavy atom. The average molecular weight is 325 g/mol. The standard InChI is InChI=1S/C16H14F3NO3/c17-16(18,19)10-3-5-11(6-4-10)20-14(21)12-8-1-2-9(7-8)13(12)15(22)23/h1-6,8-9,12-13H,7H2,(H,20,21)(H,22,23)/t8-,9-,12-,13+/m0/s1. The lowest BCUT2D eigenvalue weighted by molar-refractivity contribution is -0.146. The molecule has 2 aliphatic rings. The lowest BCUT2D eigenvalue weighted by Gasteiger charge is -2.23. The number of aliphatic carboxylic acids is 1. The van der Waals surface area contributed by atoms with Crippen molar-refractivity contribution in [2.45, 2.75) is 12.6 Å². The van der Waals surface area contributed by atoms with Crippen molar-refractivity contribution in [1.29, 1.82) is 0 Å². The molecule has 122 valence electrons. The molecule has 7 heteroatoms. The van der Waals surface area contributed by atoms with Crippen molar-refractivity contribution in [3.63, 3.8) is 0 Å². The third-order valence-electron chi connectivity index (χ3n) is 4.53. The average Bonchev–Trinajstić information content (AvgIpc) is 3.07. The van der Waals surface area contributed by atoms with Crippen molar-refractivity contribution in [2.24, 2.45) is 23.7 Å². The van der Waals surface area contributed by atoms with Crippen LogP contribution in [0.3, 0.4) is 0 Å². The molecule has 0 radical (unpaired) electrons. The Kier molecular flexibility index (Phi) is 3.66. The zero-order valence-corrected chi connectivity index (χ0v) is 11.9. The second kappa shape index (κ2) is 5.40. The monoisotopic (exact) mass is 325 g/mol. The van der Waals surface area contributed by atoms with Gasteiger partial charge in [0.1, 0.15) is 0 Å². The number of anilines is 1. The van der Waals surface area contributed by atoms with E-state index in [-0.39, 0.29) is 17.5 Å². The van der Waals surface area contributed by atoms with E-state index in [4.69, 9.17) is 0 Å². The SMILES string of the molecule is O=C(Nc1ccc(C(F)(F)F)cc1)[C@@H]1[C@H](C(=O)O)[C@H]2C=C[C@H]1C2. The van der Waals surface area contributed by atoms with Crippen LogP contribution in [0.1, 0.15) is 12.0 Å². The van der Waals surface area contributed by atoms with Crippen LogP contribution in [0.15, 0.2) is 36.4 Å². The topological polar surface area (TPSA) is 66.4 Å². The summed E-state index contributed by atoms with van der Waals surface area (Å²) in [6, 6.07) is 4.09. The number of allylic oxidation sites excluding steroid dienone is 2. The number of hydrogen-bond acceptors (Lipinski definition) is 2. The summed E-state index contributed by atoms with van der Waals surface area (Å²) in [5, 5.41) is 11.8. The maximum absolute atomic E-state index is 12.5. The number of amides is 1. The highest BCUT2D eigenvalue weighted by molar-refractivity contribution is 5.96. The fourth-order valence-electron chi connectivity index (χ4n) is 3.48. The van der Waals surface area contributed by atoms with Gasteiger partial charge in [0.2, 0.25) is 5.91 Å². The fraction of sp³-hybridized carbons (Fsp3) is 0.375. The summed E-state index contributed by atoms with van der Waals surface area (Å²) >= 11 is 0. The van der Waals surface area contributed by atoms with Crippen LogP contribution in [0.4, 0.5) is 18.9 Å². The third-order valence-corrected chi connectivity index (χ3v) is 4.53. The highest BCUT2D eigenvalue weighted by Crippen LogP contribution is 2.48. The molecule has 0 aromatic heterocycles. The predicted molar refractivity (Wildman–Crippen MR) is 75.4 cm³/mol. The van der Waals surface area contributed by atoms with E-state index in [1.165, 1.54) is 12.1 Å². The van der Waals surface area contributed by atoms with E-state index >= 15 is 0 Å². The number of alkyl halides is 3. The van der Waals surface area contributed by atoms with E-state index in [0.717, 1.165) is 12.1 Å². The maximum Gasteiger partial charge on any atom is 0.416 e. The van der Waals surface area contributed by atoms with Crippen molar-refractivity contribution in [3.05, 3.63) is 42.0 Å². The molecule has 2 N–H and O–H groups in total. The first-order valence-electron chi connectivity index (χ1n) is 7.16. The zero-order valence-electron chi connectivity index (χ0n) is 11.9. The number of benzene rings is 1. The van der Waals surface area contributed by atoms with Gasteiger partial charge in [-0.15, -0.1) is 0 Å². The maximum atomic E-state index is 12.5. The molecule has 1 aromatic rings. The summed E-state index contributed by atoms with van der Waals surface area (Å²) in [7, 11) is 0. The Hall–Kier alpha value is -2.31. The van der Waals surface area contributed by atoms with Crippen molar-refractivity contribution in [2.75, 3.05) is 5.32 Å². The van der Waals surface area contributed by atoms with E-state index < -0.39 is 35.5 Å². The van der Waals surface area contributed by atoms with E-state index in [1.807, 2.05) is 12.2 Å². The summed E-state index contributed by atoms with van der Waals surface area (Å²) in [6.07, 6.45) is -0.138. The first-order valence-corrected chi connectivity index (χ1v) is 7.16. The lowest BCUT2D eigenvalue weighted by Crippen LogP contribution is -2.36. The molecule has 3 rings (SSSR count). The minimum atomic E-state index is -4.44. The van der Waals surface area contributed by atoms with Crippen LogP contribution in [-0.4, -0.2) is 17.0 Å². The van der Waals surface area contributed by atoms with Gasteiger partial charge in [0.25, 0.3) is 0 Å². The molecule has 0 heterocycles. The van der Waals surface area contributed by atoms with Gasteiger partial charge in [-0.25, -0.2) is 0 Å². The van der Waals surface area contributed by atoms with Crippen LogP contribution in [0.2, 0.25) is 0 Å². The Morgan fingerprint density at radius 3 is 2.13 bits per heavy atom. The van der Waals surface area contributed by atoms with E-state index in [1.54, 1.807) is 0 Å². The highest BCUT2D eigenvalue weighted by Gasteiger charge is 2.51. The lowest BCUT2D eigenvalue weighted by atomic mass is 9.82. The second-order valence-electron chi connectivity index (χ2n) is 5.90. The summed E-state index contributed by atoms with van der Waals surface area (Å²) in [5.41, 5.74) is -0.583. The van der Waals surface area contributed by atoms with E-state index in [9.17, 15) is 27.9 Å². The molecular formula is C16H14F3NO3. The smallest absolute Gasteiger partial charge is 0.416 e. The van der Waals surface area contributed by atoms with Gasteiger partial charge >= 0.3 is 12.1 Å². The largest absolute Gasteiger partial charge is 0.481 e. The van der Waals surface area contributed by atoms with Crippen molar-refractivity contribution in [3.8, 4) is 0 Å². The molecule has 1 aromatic carbocycles. The molecule has 0 unspecified atom stereocenters. The summed E-state index contributed by atoms with van der Waals surface area (Å²) in [4.78, 5) is 23.7. The molecule has 0 spiro atoms. The van der Waals surface area contributed by atoms with E-state index in [2.05, 4.69) is 5.32 Å². The van der Waals surface area contributed by atoms with Gasteiger partial charge in [-0.3, -0.25) is 9.59 Å². The number of halogens is 3. The number of carbonyl (C=O) groups is 2. The molecule has 2 aliphatic carbocycles. The first-order chi connectivity index (χ1) is 10.8. The first kappa shape index (κ1) is 15.6. The van der Waals surface area contributed by atoms with Gasteiger partial charge in [0.15, 0.2) is 0 Å². The van der Waals surface area contributed by atoms with Crippen molar-refractivity contribution in [1.82, 2.24) is 0 Å². The predicted octanol–water partition coefficient (Wildman–Crippen LogP) is 3.17. The van der Waals surface area contributed by atoms with Gasteiger partial charge in [0.05, 0.1) is 17.4 Å². The number of fused-ring (bicyclic) bond motifs is 2.